The molecule has 3 aliphatic rings. The molecule has 0 N–H and O–H groups in total. The molecule has 2 amide bonds. The normalized spacial score (nSPS) is 20.0. The van der Waals surface area contributed by atoms with E-state index in [4.69, 9.17) is 0 Å². The molecular weight excluding hydrogens is 471 g/mol. The molecule has 1 unspecified atom stereocenters. The van der Waals surface area contributed by atoms with E-state index >= 15 is 0 Å². The van der Waals surface area contributed by atoms with Gasteiger partial charge in [0, 0.05) is 75.5 Å². The third kappa shape index (κ3) is 4.79. The van der Waals surface area contributed by atoms with Gasteiger partial charge in [-0.2, -0.15) is 0 Å². The Morgan fingerprint density at radius 3 is 2.49 bits per heavy atom. The van der Waals surface area contributed by atoms with Gasteiger partial charge in [0.1, 0.15) is 5.82 Å². The number of hydrogen-bond donors (Lipinski definition) is 0. The first-order chi connectivity index (χ1) is 18.0. The summed E-state index contributed by atoms with van der Waals surface area (Å²) in [5.41, 5.74) is 3.67. The highest BCUT2D eigenvalue weighted by molar-refractivity contribution is 5.99. The van der Waals surface area contributed by atoms with Crippen molar-refractivity contribution in [1.29, 1.82) is 0 Å². The molecule has 1 aromatic heterocycles. The van der Waals surface area contributed by atoms with E-state index in [9.17, 15) is 14.0 Å². The Bertz CT molecular complexity index is 1290. The number of rotatable bonds is 5. The Hall–Kier alpha value is -3.85. The Labute approximate surface area is 215 Å². The van der Waals surface area contributed by atoms with Crippen molar-refractivity contribution in [3.8, 4) is 0 Å². The lowest BCUT2D eigenvalue weighted by atomic mass is 10.1. The summed E-state index contributed by atoms with van der Waals surface area (Å²) in [6, 6.07) is 14.0. The van der Waals surface area contributed by atoms with Crippen LogP contribution >= 0.6 is 0 Å². The lowest BCUT2D eigenvalue weighted by molar-refractivity contribution is -0.118. The number of halogens is 1. The van der Waals surface area contributed by atoms with Gasteiger partial charge < -0.3 is 14.7 Å². The molecule has 3 aliphatic heterocycles. The van der Waals surface area contributed by atoms with Crippen LogP contribution in [0.2, 0.25) is 0 Å². The molecule has 190 valence electrons. The highest BCUT2D eigenvalue weighted by Gasteiger charge is 2.36. The number of nitrogens with zero attached hydrogens (tertiary/aromatic N) is 6. The van der Waals surface area contributed by atoms with Crippen LogP contribution in [0.25, 0.3) is 0 Å². The van der Waals surface area contributed by atoms with E-state index < -0.39 is 0 Å². The monoisotopic (exact) mass is 500 g/mol. The van der Waals surface area contributed by atoms with Crippen LogP contribution in [0, 0.1) is 5.82 Å². The van der Waals surface area contributed by atoms with Gasteiger partial charge in [-0.3, -0.25) is 14.5 Å². The van der Waals surface area contributed by atoms with Crippen molar-refractivity contribution in [2.24, 2.45) is 0 Å². The summed E-state index contributed by atoms with van der Waals surface area (Å²) in [7, 11) is 0. The summed E-state index contributed by atoms with van der Waals surface area (Å²) < 4.78 is 13.2. The highest BCUT2D eigenvalue weighted by atomic mass is 19.1. The SMILES string of the molecule is O=C1CC(N2CCN(c3ncccn3)CC2)CN1c1ccc2c(c1)CCN2C(=O)Cc1ccc(F)cc1. The zero-order chi connectivity index (χ0) is 25.4. The first-order valence-electron chi connectivity index (χ1n) is 12.8. The Morgan fingerprint density at radius 2 is 1.73 bits per heavy atom. The molecule has 2 aromatic carbocycles. The average molecular weight is 501 g/mol. The second-order valence-electron chi connectivity index (χ2n) is 9.85. The van der Waals surface area contributed by atoms with Gasteiger partial charge >= 0.3 is 0 Å². The van der Waals surface area contributed by atoms with Gasteiger partial charge in [0.15, 0.2) is 0 Å². The van der Waals surface area contributed by atoms with Crippen molar-refractivity contribution >= 4 is 29.1 Å². The van der Waals surface area contributed by atoms with Crippen molar-refractivity contribution in [3.05, 3.63) is 77.9 Å². The molecular formula is C28H29FN6O2. The summed E-state index contributed by atoms with van der Waals surface area (Å²) in [6.45, 7) is 4.72. The molecule has 2 fully saturated rings. The quantitative estimate of drug-likeness (QED) is 0.537. The fraction of sp³-hybridized carbons (Fsp3) is 0.357. The minimum atomic E-state index is -0.307. The minimum absolute atomic E-state index is 0.00420. The van der Waals surface area contributed by atoms with Gasteiger partial charge in [-0.1, -0.05) is 12.1 Å². The number of carbonyl (C=O) groups is 2. The first kappa shape index (κ1) is 23.5. The molecule has 4 heterocycles. The number of amides is 2. The second kappa shape index (κ2) is 9.89. The van der Waals surface area contributed by atoms with Gasteiger partial charge in [0.25, 0.3) is 0 Å². The topological polar surface area (TPSA) is 72.9 Å². The maximum Gasteiger partial charge on any atom is 0.231 e. The third-order valence-corrected chi connectivity index (χ3v) is 7.61. The van der Waals surface area contributed by atoms with Crippen molar-refractivity contribution in [2.45, 2.75) is 25.3 Å². The van der Waals surface area contributed by atoms with Crippen molar-refractivity contribution in [1.82, 2.24) is 14.9 Å². The van der Waals surface area contributed by atoms with Crippen molar-refractivity contribution < 1.29 is 14.0 Å². The zero-order valence-electron chi connectivity index (χ0n) is 20.6. The Kier molecular flexibility index (Phi) is 6.30. The highest BCUT2D eigenvalue weighted by Crippen LogP contribution is 2.34. The van der Waals surface area contributed by atoms with Crippen LogP contribution in [0.5, 0.6) is 0 Å². The molecule has 3 aromatic rings. The number of hydrogen-bond acceptors (Lipinski definition) is 6. The van der Waals surface area contributed by atoms with Crippen LogP contribution in [-0.4, -0.2) is 72.0 Å². The summed E-state index contributed by atoms with van der Waals surface area (Å²) in [4.78, 5) is 42.9. The number of carbonyl (C=O) groups excluding carboxylic acids is 2. The molecule has 37 heavy (non-hydrogen) atoms. The maximum atomic E-state index is 13.2. The summed E-state index contributed by atoms with van der Waals surface area (Å²) in [5.74, 6) is 0.587. The molecule has 0 spiro atoms. The zero-order valence-corrected chi connectivity index (χ0v) is 20.6. The summed E-state index contributed by atoms with van der Waals surface area (Å²) in [6.07, 6.45) is 5.03. The van der Waals surface area contributed by atoms with Crippen LogP contribution in [0.1, 0.15) is 17.5 Å². The van der Waals surface area contributed by atoms with E-state index in [-0.39, 0.29) is 30.1 Å². The molecule has 2 saturated heterocycles. The average Bonchev–Trinajstić information content (AvgIpc) is 3.54. The predicted molar refractivity (Wildman–Crippen MR) is 139 cm³/mol. The molecule has 0 bridgehead atoms. The first-order valence-corrected chi connectivity index (χ1v) is 12.8. The molecule has 0 radical (unpaired) electrons. The van der Waals surface area contributed by atoms with Crippen molar-refractivity contribution in [3.63, 3.8) is 0 Å². The number of benzene rings is 2. The van der Waals surface area contributed by atoms with E-state index in [1.165, 1.54) is 12.1 Å². The smallest absolute Gasteiger partial charge is 0.231 e. The van der Waals surface area contributed by atoms with Crippen LogP contribution in [0.15, 0.2) is 60.9 Å². The summed E-state index contributed by atoms with van der Waals surface area (Å²) in [5, 5.41) is 0. The van der Waals surface area contributed by atoms with Gasteiger partial charge in [-0.15, -0.1) is 0 Å². The molecule has 6 rings (SSSR count). The minimum Gasteiger partial charge on any atom is -0.338 e. The van der Waals surface area contributed by atoms with Crippen LogP contribution in [-0.2, 0) is 22.4 Å². The number of aromatic nitrogens is 2. The van der Waals surface area contributed by atoms with Crippen LogP contribution < -0.4 is 14.7 Å². The third-order valence-electron chi connectivity index (χ3n) is 7.61. The number of piperazine rings is 1. The van der Waals surface area contributed by atoms with Gasteiger partial charge in [0.05, 0.1) is 6.42 Å². The molecule has 9 heteroatoms. The van der Waals surface area contributed by atoms with Gasteiger partial charge in [-0.05, 0) is 53.9 Å². The molecule has 0 saturated carbocycles. The lowest BCUT2D eigenvalue weighted by Gasteiger charge is -2.37. The van der Waals surface area contributed by atoms with E-state index in [0.717, 1.165) is 61.0 Å². The van der Waals surface area contributed by atoms with Gasteiger partial charge in [0.2, 0.25) is 17.8 Å². The summed E-state index contributed by atoms with van der Waals surface area (Å²) >= 11 is 0. The van der Waals surface area contributed by atoms with E-state index in [1.807, 2.05) is 23.1 Å². The predicted octanol–water partition coefficient (Wildman–Crippen LogP) is 2.67. The van der Waals surface area contributed by atoms with E-state index in [1.54, 1.807) is 29.4 Å². The van der Waals surface area contributed by atoms with Crippen LogP contribution in [0.4, 0.5) is 21.7 Å². The maximum absolute atomic E-state index is 13.2. The Morgan fingerprint density at radius 1 is 0.973 bits per heavy atom. The standard InChI is InChI=1S/C28H29FN6O2/c29-22-4-2-20(3-5-22)16-26(36)34-11-8-21-17-23(6-7-25(21)34)35-19-24(18-27(35)37)32-12-14-33(15-13-32)28-30-9-1-10-31-28/h1-7,9-10,17,24H,8,11-16,18-19H2. The van der Waals surface area contributed by atoms with E-state index in [0.29, 0.717) is 19.5 Å². The lowest BCUT2D eigenvalue weighted by Crippen LogP contribution is -2.51. The Balaban J connectivity index is 1.09. The van der Waals surface area contributed by atoms with Crippen molar-refractivity contribution in [2.75, 3.05) is 54.0 Å². The molecule has 8 nitrogen and oxygen atoms in total. The van der Waals surface area contributed by atoms with Gasteiger partial charge in [-0.25, -0.2) is 14.4 Å². The fourth-order valence-corrected chi connectivity index (χ4v) is 5.61. The largest absolute Gasteiger partial charge is 0.338 e. The molecule has 1 atom stereocenters. The molecule has 0 aliphatic carbocycles. The van der Waals surface area contributed by atoms with Crippen LogP contribution in [0.3, 0.4) is 0 Å². The number of fused-ring (bicyclic) bond motifs is 1. The van der Waals surface area contributed by atoms with E-state index in [2.05, 4.69) is 25.8 Å². The fourth-order valence-electron chi connectivity index (χ4n) is 5.61. The second-order valence-corrected chi connectivity index (χ2v) is 9.85. The number of anilines is 3.